The van der Waals surface area contributed by atoms with Crippen molar-refractivity contribution in [1.29, 1.82) is 0 Å². The fraction of sp³-hybridized carbons (Fsp3) is 0.533. The van der Waals surface area contributed by atoms with Gasteiger partial charge in [0, 0.05) is 23.6 Å². The normalized spacial score (nSPS) is 21.2. The minimum Gasteiger partial charge on any atom is -0.342 e. The number of carbonyl (C=O) groups is 1. The number of hydrogen-bond acceptors (Lipinski definition) is 2. The lowest BCUT2D eigenvalue weighted by Crippen LogP contribution is -2.45. The maximum absolute atomic E-state index is 12.4. The van der Waals surface area contributed by atoms with Gasteiger partial charge >= 0.3 is 0 Å². The number of likely N-dealkylation sites (tertiary alicyclic amines) is 1. The van der Waals surface area contributed by atoms with Crippen LogP contribution in [0.15, 0.2) is 28.7 Å². The molecule has 0 bridgehead atoms. The van der Waals surface area contributed by atoms with E-state index < -0.39 is 0 Å². The molecule has 0 aromatic heterocycles. The molecule has 1 aliphatic heterocycles. The van der Waals surface area contributed by atoms with Crippen LogP contribution in [0.2, 0.25) is 0 Å². The zero-order valence-electron chi connectivity index (χ0n) is 11.3. The Morgan fingerprint density at radius 3 is 2.95 bits per heavy atom. The van der Waals surface area contributed by atoms with Crippen molar-refractivity contribution in [2.75, 3.05) is 13.1 Å². The van der Waals surface area contributed by atoms with Crippen LogP contribution in [0.4, 0.5) is 0 Å². The summed E-state index contributed by atoms with van der Waals surface area (Å²) < 4.78 is 1.00. The predicted octanol–water partition coefficient (Wildman–Crippen LogP) is 2.58. The molecule has 0 saturated carbocycles. The Hall–Kier alpha value is -0.870. The molecule has 0 aliphatic carbocycles. The van der Waals surface area contributed by atoms with E-state index in [0.29, 0.717) is 12.3 Å². The summed E-state index contributed by atoms with van der Waals surface area (Å²) in [4.78, 5) is 14.3. The molecule has 1 aromatic rings. The highest BCUT2D eigenvalue weighted by molar-refractivity contribution is 9.10. The minimum absolute atomic E-state index is 0.166. The summed E-state index contributed by atoms with van der Waals surface area (Å²) in [6.07, 6.45) is 2.66. The molecule has 104 valence electrons. The molecule has 19 heavy (non-hydrogen) atoms. The number of nitrogens with two attached hydrogens (primary N) is 1. The van der Waals surface area contributed by atoms with Crippen molar-refractivity contribution >= 4 is 21.8 Å². The van der Waals surface area contributed by atoms with E-state index in [9.17, 15) is 4.79 Å². The molecule has 2 rings (SSSR count). The lowest BCUT2D eigenvalue weighted by molar-refractivity contribution is -0.132. The summed E-state index contributed by atoms with van der Waals surface area (Å²) in [7, 11) is 0. The highest BCUT2D eigenvalue weighted by atomic mass is 79.9. The van der Waals surface area contributed by atoms with E-state index in [1.807, 2.05) is 36.1 Å². The van der Waals surface area contributed by atoms with Gasteiger partial charge in [-0.15, -0.1) is 0 Å². The third kappa shape index (κ3) is 3.80. The Morgan fingerprint density at radius 1 is 1.53 bits per heavy atom. The van der Waals surface area contributed by atoms with Gasteiger partial charge in [0.05, 0.1) is 6.42 Å². The lowest BCUT2D eigenvalue weighted by Gasteiger charge is -2.34. The Kier molecular flexibility index (Phi) is 4.99. The van der Waals surface area contributed by atoms with Crippen LogP contribution in [0, 0.1) is 5.92 Å². The van der Waals surface area contributed by atoms with Crippen LogP contribution >= 0.6 is 15.9 Å². The largest absolute Gasteiger partial charge is 0.342 e. The average molecular weight is 325 g/mol. The quantitative estimate of drug-likeness (QED) is 0.928. The van der Waals surface area contributed by atoms with Gasteiger partial charge in [-0.2, -0.15) is 0 Å². The summed E-state index contributed by atoms with van der Waals surface area (Å²) in [5.74, 6) is 0.647. The molecule has 1 saturated heterocycles. The van der Waals surface area contributed by atoms with Gasteiger partial charge in [0.2, 0.25) is 5.91 Å². The molecule has 2 N–H and O–H groups in total. The molecule has 1 amide bonds. The molecule has 4 heteroatoms. The minimum atomic E-state index is 0.166. The van der Waals surface area contributed by atoms with Gasteiger partial charge in [0.15, 0.2) is 0 Å². The van der Waals surface area contributed by atoms with Gasteiger partial charge in [0.1, 0.15) is 0 Å². The molecule has 0 unspecified atom stereocenters. The van der Waals surface area contributed by atoms with Crippen molar-refractivity contribution in [3.05, 3.63) is 34.3 Å². The average Bonchev–Trinajstić information content (AvgIpc) is 2.41. The first-order chi connectivity index (χ1) is 9.08. The number of benzene rings is 1. The highest BCUT2D eigenvalue weighted by Gasteiger charge is 2.25. The topological polar surface area (TPSA) is 46.3 Å². The molecular weight excluding hydrogens is 304 g/mol. The molecular formula is C15H21BrN2O. The first kappa shape index (κ1) is 14.5. The molecule has 0 spiro atoms. The third-order valence-corrected chi connectivity index (χ3v) is 4.63. The Balaban J connectivity index is 1.98. The Morgan fingerprint density at radius 2 is 2.26 bits per heavy atom. The summed E-state index contributed by atoms with van der Waals surface area (Å²) in [5.41, 5.74) is 7.01. The van der Waals surface area contributed by atoms with Gasteiger partial charge in [0.25, 0.3) is 0 Å². The fourth-order valence-corrected chi connectivity index (χ4v) is 3.01. The van der Waals surface area contributed by atoms with Gasteiger partial charge in [-0.3, -0.25) is 4.79 Å². The smallest absolute Gasteiger partial charge is 0.227 e. The van der Waals surface area contributed by atoms with E-state index in [1.165, 1.54) is 0 Å². The van der Waals surface area contributed by atoms with Crippen LogP contribution in [-0.2, 0) is 11.2 Å². The molecule has 1 aliphatic rings. The van der Waals surface area contributed by atoms with E-state index in [-0.39, 0.29) is 11.9 Å². The first-order valence-electron chi connectivity index (χ1n) is 6.84. The van der Waals surface area contributed by atoms with Crippen molar-refractivity contribution < 1.29 is 4.79 Å². The number of nitrogens with zero attached hydrogens (tertiary/aromatic N) is 1. The predicted molar refractivity (Wildman–Crippen MR) is 80.8 cm³/mol. The summed E-state index contributed by atoms with van der Waals surface area (Å²) in [6.45, 7) is 3.71. The van der Waals surface area contributed by atoms with Gasteiger partial charge < -0.3 is 10.6 Å². The van der Waals surface area contributed by atoms with E-state index in [1.54, 1.807) is 0 Å². The second kappa shape index (κ2) is 6.53. The number of hydrogen-bond donors (Lipinski definition) is 1. The lowest BCUT2D eigenvalue weighted by atomic mass is 9.92. The Labute approximate surface area is 123 Å². The summed E-state index contributed by atoms with van der Waals surface area (Å²) in [6, 6.07) is 8.07. The van der Waals surface area contributed by atoms with Crippen LogP contribution in [0.3, 0.4) is 0 Å². The van der Waals surface area contributed by atoms with E-state index in [2.05, 4.69) is 15.9 Å². The van der Waals surface area contributed by atoms with Gasteiger partial charge in [-0.05, 0) is 37.3 Å². The van der Waals surface area contributed by atoms with Crippen LogP contribution in [0.1, 0.15) is 25.3 Å². The molecule has 1 heterocycles. The van der Waals surface area contributed by atoms with E-state index in [0.717, 1.165) is 36.0 Å². The van der Waals surface area contributed by atoms with E-state index >= 15 is 0 Å². The van der Waals surface area contributed by atoms with Crippen molar-refractivity contribution in [2.24, 2.45) is 11.7 Å². The maximum atomic E-state index is 12.4. The van der Waals surface area contributed by atoms with Gasteiger partial charge in [-0.1, -0.05) is 34.1 Å². The zero-order chi connectivity index (χ0) is 13.8. The number of halogens is 1. The fourth-order valence-electron chi connectivity index (χ4n) is 2.58. The van der Waals surface area contributed by atoms with Crippen molar-refractivity contribution in [1.82, 2.24) is 4.90 Å². The molecule has 2 atom stereocenters. The molecule has 1 aromatic carbocycles. The maximum Gasteiger partial charge on any atom is 0.227 e. The standard InChI is InChI=1S/C15H21BrN2O/c1-11(17)13-6-4-8-18(10-13)15(19)9-12-5-2-3-7-14(12)16/h2-3,5,7,11,13H,4,6,8-10,17H2,1H3/t11-,13-/m0/s1. The first-order valence-corrected chi connectivity index (χ1v) is 7.64. The SMILES string of the molecule is C[C@H](N)[C@H]1CCCN(C(=O)Cc2ccccc2Br)C1. The Bertz CT molecular complexity index is 448. The van der Waals surface area contributed by atoms with Crippen LogP contribution in [-0.4, -0.2) is 29.9 Å². The number of amides is 1. The highest BCUT2D eigenvalue weighted by Crippen LogP contribution is 2.21. The van der Waals surface area contributed by atoms with Crippen molar-refractivity contribution in [3.63, 3.8) is 0 Å². The number of rotatable bonds is 3. The number of carbonyl (C=O) groups excluding carboxylic acids is 1. The van der Waals surface area contributed by atoms with Crippen LogP contribution < -0.4 is 5.73 Å². The van der Waals surface area contributed by atoms with Crippen LogP contribution in [0.5, 0.6) is 0 Å². The number of piperidine rings is 1. The van der Waals surface area contributed by atoms with Gasteiger partial charge in [-0.25, -0.2) is 0 Å². The summed E-state index contributed by atoms with van der Waals surface area (Å²) >= 11 is 3.49. The zero-order valence-corrected chi connectivity index (χ0v) is 12.9. The van der Waals surface area contributed by atoms with Crippen molar-refractivity contribution in [2.45, 2.75) is 32.2 Å². The second-order valence-electron chi connectivity index (χ2n) is 5.37. The second-order valence-corrected chi connectivity index (χ2v) is 6.22. The van der Waals surface area contributed by atoms with E-state index in [4.69, 9.17) is 5.73 Å². The molecule has 3 nitrogen and oxygen atoms in total. The monoisotopic (exact) mass is 324 g/mol. The van der Waals surface area contributed by atoms with Crippen molar-refractivity contribution in [3.8, 4) is 0 Å². The summed E-state index contributed by atoms with van der Waals surface area (Å²) in [5, 5.41) is 0. The third-order valence-electron chi connectivity index (χ3n) is 3.85. The molecule has 1 fully saturated rings. The molecule has 0 radical (unpaired) electrons. The van der Waals surface area contributed by atoms with Crippen LogP contribution in [0.25, 0.3) is 0 Å².